The van der Waals surface area contributed by atoms with Gasteiger partial charge in [-0.1, -0.05) is 0 Å². The van der Waals surface area contributed by atoms with E-state index in [4.69, 9.17) is 0 Å². The Balaban J connectivity index is 1.59. The van der Waals surface area contributed by atoms with Crippen molar-refractivity contribution >= 4 is 11.9 Å². The van der Waals surface area contributed by atoms with Crippen LogP contribution in [-0.2, 0) is 10.3 Å². The molecule has 1 fully saturated rings. The number of aliphatic hydroxyl groups is 1. The molecule has 0 aliphatic carbocycles. The van der Waals surface area contributed by atoms with Gasteiger partial charge in [0.2, 0.25) is 11.9 Å². The lowest BCUT2D eigenvalue weighted by atomic mass is 10.0. The first-order chi connectivity index (χ1) is 11.4. The molecule has 1 amide bonds. The number of hydrogen-bond donors (Lipinski definition) is 2. The van der Waals surface area contributed by atoms with Crippen molar-refractivity contribution < 1.29 is 9.90 Å². The van der Waals surface area contributed by atoms with Gasteiger partial charge >= 0.3 is 0 Å². The molecule has 0 saturated carbocycles. The molecule has 0 bridgehead atoms. The number of anilines is 1. The van der Waals surface area contributed by atoms with Crippen molar-refractivity contribution in [1.29, 1.82) is 0 Å². The molecule has 24 heavy (non-hydrogen) atoms. The minimum atomic E-state index is -1.01. The molecule has 1 aliphatic rings. The van der Waals surface area contributed by atoms with Crippen LogP contribution in [-0.4, -0.2) is 61.0 Å². The second kappa shape index (κ2) is 6.16. The Morgan fingerprint density at radius 3 is 2.83 bits per heavy atom. The first kappa shape index (κ1) is 16.3. The zero-order valence-electron chi connectivity index (χ0n) is 13.8. The van der Waals surface area contributed by atoms with Crippen molar-refractivity contribution in [1.82, 2.24) is 30.0 Å². The van der Waals surface area contributed by atoms with E-state index in [9.17, 15) is 9.90 Å². The highest BCUT2D eigenvalue weighted by molar-refractivity contribution is 5.83. The monoisotopic (exact) mass is 331 g/mol. The van der Waals surface area contributed by atoms with E-state index >= 15 is 0 Å². The molecule has 0 unspecified atom stereocenters. The third kappa shape index (κ3) is 3.21. The highest BCUT2D eigenvalue weighted by Crippen LogP contribution is 2.24. The first-order valence-electron chi connectivity index (χ1n) is 7.78. The van der Waals surface area contributed by atoms with Crippen LogP contribution in [0.4, 0.5) is 5.95 Å². The van der Waals surface area contributed by atoms with Gasteiger partial charge in [-0.05, 0) is 26.3 Å². The molecule has 2 aromatic rings. The van der Waals surface area contributed by atoms with Gasteiger partial charge in [-0.15, -0.1) is 0 Å². The van der Waals surface area contributed by atoms with E-state index in [2.05, 4.69) is 25.4 Å². The van der Waals surface area contributed by atoms with Crippen molar-refractivity contribution in [2.75, 3.05) is 24.5 Å². The average Bonchev–Trinajstić information content (AvgIpc) is 3.24. The Morgan fingerprint density at radius 1 is 1.42 bits per heavy atom. The molecule has 3 heterocycles. The number of rotatable bonds is 5. The first-order valence-corrected chi connectivity index (χ1v) is 7.78. The summed E-state index contributed by atoms with van der Waals surface area (Å²) in [4.78, 5) is 26.6. The Hall–Kier alpha value is -2.55. The van der Waals surface area contributed by atoms with Gasteiger partial charge in [0.05, 0.1) is 6.54 Å². The van der Waals surface area contributed by atoms with Gasteiger partial charge in [-0.3, -0.25) is 4.79 Å². The standard InChI is InChI=1S/C15H21N7O2/c1-14(2,22-11-16-10-20-22)12(23)19-8-15(24)4-7-21(9-15)13-17-5-3-6-18-13/h3,5-6,10-11,24H,4,7-9H2,1-2H3,(H,19,23)/t15-/m0/s1. The number of hydrogen-bond acceptors (Lipinski definition) is 7. The van der Waals surface area contributed by atoms with Crippen LogP contribution >= 0.6 is 0 Å². The van der Waals surface area contributed by atoms with E-state index in [0.717, 1.165) is 0 Å². The number of aromatic nitrogens is 5. The van der Waals surface area contributed by atoms with Gasteiger partial charge in [0.25, 0.3) is 0 Å². The second-order valence-corrected chi connectivity index (χ2v) is 6.53. The molecule has 3 rings (SSSR count). The van der Waals surface area contributed by atoms with Crippen LogP contribution in [0.15, 0.2) is 31.1 Å². The molecule has 0 radical (unpaired) electrons. The molecular weight excluding hydrogens is 310 g/mol. The third-order valence-electron chi connectivity index (χ3n) is 4.29. The van der Waals surface area contributed by atoms with Crippen molar-refractivity contribution in [2.45, 2.75) is 31.4 Å². The molecule has 1 saturated heterocycles. The molecule has 2 N–H and O–H groups in total. The molecule has 2 aromatic heterocycles. The van der Waals surface area contributed by atoms with E-state index in [1.807, 2.05) is 4.90 Å². The molecule has 9 heteroatoms. The summed E-state index contributed by atoms with van der Waals surface area (Å²) in [7, 11) is 0. The number of nitrogens with one attached hydrogen (secondary N) is 1. The lowest BCUT2D eigenvalue weighted by Gasteiger charge is -2.28. The average molecular weight is 331 g/mol. The van der Waals surface area contributed by atoms with Crippen molar-refractivity contribution in [2.24, 2.45) is 0 Å². The summed E-state index contributed by atoms with van der Waals surface area (Å²) in [6.45, 7) is 4.68. The van der Waals surface area contributed by atoms with Gasteiger partial charge in [-0.25, -0.2) is 19.6 Å². The Morgan fingerprint density at radius 2 is 2.17 bits per heavy atom. The van der Waals surface area contributed by atoms with E-state index in [1.165, 1.54) is 17.3 Å². The summed E-state index contributed by atoms with van der Waals surface area (Å²) in [5.74, 6) is 0.360. The van der Waals surface area contributed by atoms with E-state index in [1.54, 1.807) is 32.3 Å². The molecule has 9 nitrogen and oxygen atoms in total. The highest BCUT2D eigenvalue weighted by Gasteiger charge is 2.39. The summed E-state index contributed by atoms with van der Waals surface area (Å²) in [6.07, 6.45) is 6.76. The fourth-order valence-corrected chi connectivity index (χ4v) is 2.69. The fourth-order valence-electron chi connectivity index (χ4n) is 2.69. The summed E-state index contributed by atoms with van der Waals surface area (Å²) in [6, 6.07) is 1.75. The fraction of sp³-hybridized carbons (Fsp3) is 0.533. The highest BCUT2D eigenvalue weighted by atomic mass is 16.3. The lowest BCUT2D eigenvalue weighted by Crippen LogP contribution is -2.51. The van der Waals surface area contributed by atoms with E-state index < -0.39 is 11.1 Å². The lowest BCUT2D eigenvalue weighted by molar-refractivity contribution is -0.130. The van der Waals surface area contributed by atoms with Crippen molar-refractivity contribution in [3.8, 4) is 0 Å². The normalized spacial score (nSPS) is 21.0. The third-order valence-corrected chi connectivity index (χ3v) is 4.29. The van der Waals surface area contributed by atoms with Gasteiger partial charge in [0.1, 0.15) is 23.8 Å². The van der Waals surface area contributed by atoms with Crippen LogP contribution in [0, 0.1) is 0 Å². The number of nitrogens with zero attached hydrogens (tertiary/aromatic N) is 6. The quantitative estimate of drug-likeness (QED) is 0.764. The zero-order valence-corrected chi connectivity index (χ0v) is 13.8. The SMILES string of the molecule is CC(C)(C(=O)NC[C@@]1(O)CCN(c2ncccn2)C1)n1cncn1. The molecule has 128 valence electrons. The predicted molar refractivity (Wildman–Crippen MR) is 86.2 cm³/mol. The maximum Gasteiger partial charge on any atom is 0.247 e. The van der Waals surface area contributed by atoms with Crippen molar-refractivity contribution in [3.05, 3.63) is 31.1 Å². The summed E-state index contributed by atoms with van der Waals surface area (Å²) >= 11 is 0. The molecule has 0 spiro atoms. The summed E-state index contributed by atoms with van der Waals surface area (Å²) < 4.78 is 1.49. The number of amides is 1. The Kier molecular flexibility index (Phi) is 4.18. The summed E-state index contributed by atoms with van der Waals surface area (Å²) in [5, 5.41) is 17.6. The summed E-state index contributed by atoms with van der Waals surface area (Å²) in [5.41, 5.74) is -1.89. The van der Waals surface area contributed by atoms with E-state index in [0.29, 0.717) is 25.5 Å². The largest absolute Gasteiger partial charge is 0.386 e. The predicted octanol–water partition coefficient (Wildman–Crippen LogP) is -0.439. The van der Waals surface area contributed by atoms with Gasteiger partial charge < -0.3 is 15.3 Å². The Labute approximate surface area is 139 Å². The number of carbonyl (C=O) groups excluding carboxylic acids is 1. The maximum absolute atomic E-state index is 12.5. The zero-order chi connectivity index (χ0) is 17.2. The van der Waals surface area contributed by atoms with Gasteiger partial charge in [-0.2, -0.15) is 5.10 Å². The Bertz CT molecular complexity index is 689. The van der Waals surface area contributed by atoms with Gasteiger partial charge in [0, 0.05) is 25.5 Å². The van der Waals surface area contributed by atoms with E-state index in [-0.39, 0.29) is 12.5 Å². The molecule has 1 aliphatic heterocycles. The minimum absolute atomic E-state index is 0.160. The topological polar surface area (TPSA) is 109 Å². The minimum Gasteiger partial charge on any atom is -0.386 e. The van der Waals surface area contributed by atoms with Crippen LogP contribution < -0.4 is 10.2 Å². The van der Waals surface area contributed by atoms with Crippen LogP contribution in [0.25, 0.3) is 0 Å². The van der Waals surface area contributed by atoms with Crippen LogP contribution in [0.5, 0.6) is 0 Å². The van der Waals surface area contributed by atoms with Gasteiger partial charge in [0.15, 0.2) is 0 Å². The van der Waals surface area contributed by atoms with Crippen LogP contribution in [0.1, 0.15) is 20.3 Å². The molecule has 1 atom stereocenters. The molecule has 0 aromatic carbocycles. The smallest absolute Gasteiger partial charge is 0.247 e. The van der Waals surface area contributed by atoms with Crippen LogP contribution in [0.2, 0.25) is 0 Å². The van der Waals surface area contributed by atoms with Crippen molar-refractivity contribution in [3.63, 3.8) is 0 Å². The molecular formula is C15H21N7O2. The number of carbonyl (C=O) groups is 1. The number of β-amino-alcohol motifs (C(OH)–C–C–N with tert-alkyl or cyclic N) is 1. The maximum atomic E-state index is 12.5. The van der Waals surface area contributed by atoms with Crippen LogP contribution in [0.3, 0.4) is 0 Å². The second-order valence-electron chi connectivity index (χ2n) is 6.53.